The van der Waals surface area contributed by atoms with Crippen molar-refractivity contribution in [1.82, 2.24) is 19.5 Å². The van der Waals surface area contributed by atoms with Crippen LogP contribution in [0, 0.1) is 0 Å². The minimum absolute atomic E-state index is 0.0130. The van der Waals surface area contributed by atoms with Gasteiger partial charge in [0.2, 0.25) is 5.95 Å². The predicted molar refractivity (Wildman–Crippen MR) is 84.2 cm³/mol. The van der Waals surface area contributed by atoms with Crippen molar-refractivity contribution in [2.45, 2.75) is 24.5 Å². The maximum absolute atomic E-state index is 11.9. The monoisotopic (exact) mass is 441 g/mol. The van der Waals surface area contributed by atoms with Gasteiger partial charge in [-0.2, -0.15) is 4.98 Å². The number of fused-ring (bicyclic) bond motifs is 1. The number of phosphoric acid groups is 1. The number of nitrogens with two attached hydrogens (primary N) is 1. The fourth-order valence-electron chi connectivity index (χ4n) is 2.45. The van der Waals surface area contributed by atoms with Gasteiger partial charge in [-0.3, -0.25) is 18.9 Å². The quantitative estimate of drug-likeness (QED) is 0.230. The van der Waals surface area contributed by atoms with Crippen LogP contribution in [0.4, 0.5) is 5.95 Å². The zero-order valence-electron chi connectivity index (χ0n) is 12.2. The number of ether oxygens (including phenoxy) is 1. The molecule has 0 aliphatic carbocycles. The summed E-state index contributed by atoms with van der Waals surface area (Å²) in [7, 11) is -4.78. The van der Waals surface area contributed by atoms with Crippen molar-refractivity contribution in [2.75, 3.05) is 12.3 Å². The van der Waals surface area contributed by atoms with Gasteiger partial charge in [-0.1, -0.05) is 0 Å². The minimum Gasteiger partial charge on any atom is -0.387 e. The van der Waals surface area contributed by atoms with E-state index in [1.54, 1.807) is 0 Å². The van der Waals surface area contributed by atoms with E-state index in [0.29, 0.717) is 0 Å². The molecule has 0 saturated carbocycles. The molecule has 1 saturated heterocycles. The molecule has 15 heteroatoms. The molecule has 138 valence electrons. The number of anilines is 1. The van der Waals surface area contributed by atoms with Gasteiger partial charge in [-0.25, -0.2) is 9.55 Å². The van der Waals surface area contributed by atoms with Crippen LogP contribution in [0.2, 0.25) is 0 Å². The second kappa shape index (κ2) is 6.41. The molecule has 25 heavy (non-hydrogen) atoms. The third kappa shape index (κ3) is 3.47. The Hall–Kier alpha value is -1.38. The number of hydrogen-bond donors (Lipinski definition) is 6. The van der Waals surface area contributed by atoms with E-state index in [2.05, 4.69) is 35.4 Å². The van der Waals surface area contributed by atoms with Crippen LogP contribution in [0.15, 0.2) is 9.53 Å². The lowest BCUT2D eigenvalue weighted by Gasteiger charge is -2.17. The van der Waals surface area contributed by atoms with Crippen molar-refractivity contribution in [2.24, 2.45) is 0 Å². The van der Waals surface area contributed by atoms with Gasteiger partial charge in [0.1, 0.15) is 18.3 Å². The maximum atomic E-state index is 11.9. The summed E-state index contributed by atoms with van der Waals surface area (Å²) in [6.45, 7) is -0.667. The Morgan fingerprint density at radius 1 is 1.36 bits per heavy atom. The van der Waals surface area contributed by atoms with Gasteiger partial charge in [0, 0.05) is 0 Å². The number of rotatable bonds is 4. The molecule has 1 fully saturated rings. The number of aromatic amines is 1. The van der Waals surface area contributed by atoms with Gasteiger partial charge in [0.15, 0.2) is 22.1 Å². The molecule has 2 aromatic heterocycles. The van der Waals surface area contributed by atoms with E-state index < -0.39 is 44.5 Å². The molecule has 1 aliphatic heterocycles. The highest BCUT2D eigenvalue weighted by atomic mass is 79.9. The lowest BCUT2D eigenvalue weighted by Crippen LogP contribution is -2.33. The second-order valence-electron chi connectivity index (χ2n) is 5.21. The smallest absolute Gasteiger partial charge is 0.387 e. The van der Waals surface area contributed by atoms with Gasteiger partial charge >= 0.3 is 7.82 Å². The van der Waals surface area contributed by atoms with Crippen molar-refractivity contribution < 1.29 is 33.8 Å². The van der Waals surface area contributed by atoms with Crippen LogP contribution in [0.1, 0.15) is 6.23 Å². The Morgan fingerprint density at radius 3 is 2.68 bits per heavy atom. The Balaban J connectivity index is 1.97. The Bertz CT molecular complexity index is 911. The first-order chi connectivity index (χ1) is 11.6. The highest BCUT2D eigenvalue weighted by Gasteiger charge is 2.46. The summed E-state index contributed by atoms with van der Waals surface area (Å²) in [5.74, 6) is -0.194. The predicted octanol–water partition coefficient (Wildman–Crippen LogP) is -1.81. The number of nitrogen functional groups attached to an aromatic ring is 1. The number of H-pyrrole nitrogens is 1. The number of nitrogens with one attached hydrogen (secondary N) is 1. The van der Waals surface area contributed by atoms with Crippen LogP contribution < -0.4 is 11.3 Å². The molecule has 0 spiro atoms. The first kappa shape index (κ1) is 18.4. The van der Waals surface area contributed by atoms with Crippen molar-refractivity contribution in [3.63, 3.8) is 0 Å². The van der Waals surface area contributed by atoms with Gasteiger partial charge in [0.25, 0.3) is 5.56 Å². The largest absolute Gasteiger partial charge is 0.469 e. The summed E-state index contributed by atoms with van der Waals surface area (Å²) in [5, 5.41) is 20.2. The Labute approximate surface area is 146 Å². The number of aromatic nitrogens is 4. The number of hydrogen-bond acceptors (Lipinski definition) is 9. The van der Waals surface area contributed by atoms with Crippen molar-refractivity contribution in [3.8, 4) is 0 Å². The number of halogens is 1. The Morgan fingerprint density at radius 2 is 2.04 bits per heavy atom. The molecular formula is C10H13BrN5O8P. The molecule has 4 atom stereocenters. The molecular weight excluding hydrogens is 429 g/mol. The lowest BCUT2D eigenvalue weighted by molar-refractivity contribution is -0.0513. The van der Waals surface area contributed by atoms with Gasteiger partial charge < -0.3 is 30.5 Å². The van der Waals surface area contributed by atoms with E-state index in [-0.39, 0.29) is 21.8 Å². The van der Waals surface area contributed by atoms with E-state index in [1.165, 1.54) is 4.57 Å². The minimum atomic E-state index is -4.78. The van der Waals surface area contributed by atoms with E-state index in [4.69, 9.17) is 20.3 Å². The average Bonchev–Trinajstić information content (AvgIpc) is 2.95. The highest BCUT2D eigenvalue weighted by Crippen LogP contribution is 2.39. The van der Waals surface area contributed by atoms with Crippen LogP contribution in [0.5, 0.6) is 0 Å². The number of aliphatic hydroxyl groups is 2. The molecule has 13 nitrogen and oxygen atoms in total. The van der Waals surface area contributed by atoms with Crippen LogP contribution in [0.3, 0.4) is 0 Å². The second-order valence-corrected chi connectivity index (χ2v) is 7.16. The molecule has 0 aromatic carbocycles. The molecule has 0 radical (unpaired) electrons. The highest BCUT2D eigenvalue weighted by molar-refractivity contribution is 9.10. The molecule has 0 unspecified atom stereocenters. The fourth-order valence-corrected chi connectivity index (χ4v) is 3.34. The number of imidazole rings is 1. The van der Waals surface area contributed by atoms with Crippen LogP contribution in [-0.2, 0) is 13.8 Å². The molecule has 7 N–H and O–H groups in total. The summed E-state index contributed by atoms with van der Waals surface area (Å²) >= 11 is 3.11. The molecule has 3 heterocycles. The van der Waals surface area contributed by atoms with Gasteiger partial charge in [-0.05, 0) is 15.9 Å². The molecule has 2 aromatic rings. The summed E-state index contributed by atoms with van der Waals surface area (Å²) in [6.07, 6.45) is -5.52. The third-order valence-electron chi connectivity index (χ3n) is 3.52. The first-order valence-corrected chi connectivity index (χ1v) is 9.05. The standard InChI is InChI=1S/C10H13BrN5O8P/c11-9-13-3-6(14-10(12)15-7(3)19)16(9)8-5(18)4(17)2(24-8)1-23-25(20,21)22/h2,4-5,8,17-18H,1H2,(H2,20,21,22)(H3,12,14,15,19)/t2-,4-,5-,8-/m0/s1. The van der Waals surface area contributed by atoms with E-state index in [9.17, 15) is 19.6 Å². The number of aliphatic hydroxyl groups excluding tert-OH is 2. The van der Waals surface area contributed by atoms with Crippen LogP contribution in [0.25, 0.3) is 11.2 Å². The SMILES string of the molecule is Nc1nc2c(nc(Br)n2[C@H]2O[C@@H](COP(=O)(O)O)[C@H](O)[C@@H]2O)c(=O)[nH]1. The van der Waals surface area contributed by atoms with Crippen molar-refractivity contribution >= 4 is 40.9 Å². The normalized spacial score (nSPS) is 27.2. The van der Waals surface area contributed by atoms with Crippen LogP contribution in [-0.4, -0.2) is 64.4 Å². The van der Waals surface area contributed by atoms with Crippen molar-refractivity contribution in [3.05, 3.63) is 15.1 Å². The van der Waals surface area contributed by atoms with E-state index in [1.807, 2.05) is 0 Å². The third-order valence-corrected chi connectivity index (χ3v) is 4.57. The molecule has 0 amide bonds. The zero-order valence-corrected chi connectivity index (χ0v) is 14.7. The fraction of sp³-hybridized carbons (Fsp3) is 0.500. The van der Waals surface area contributed by atoms with Crippen LogP contribution >= 0.6 is 23.8 Å². The summed E-state index contributed by atoms with van der Waals surface area (Å²) < 4.78 is 21.8. The number of phosphoric ester groups is 1. The Kier molecular flexibility index (Phi) is 4.72. The van der Waals surface area contributed by atoms with E-state index >= 15 is 0 Å². The number of nitrogens with zero attached hydrogens (tertiary/aromatic N) is 3. The van der Waals surface area contributed by atoms with Gasteiger partial charge in [0.05, 0.1) is 6.61 Å². The molecule has 1 aliphatic rings. The zero-order chi connectivity index (χ0) is 18.5. The van der Waals surface area contributed by atoms with Gasteiger partial charge in [-0.15, -0.1) is 0 Å². The summed E-state index contributed by atoms with van der Waals surface area (Å²) in [6, 6.07) is 0. The maximum Gasteiger partial charge on any atom is 0.469 e. The molecule has 3 rings (SSSR count). The van der Waals surface area contributed by atoms with E-state index in [0.717, 1.165) is 0 Å². The summed E-state index contributed by atoms with van der Waals surface area (Å²) in [4.78, 5) is 39.5. The van der Waals surface area contributed by atoms with Crippen molar-refractivity contribution in [1.29, 1.82) is 0 Å². The topological polar surface area (TPSA) is 206 Å². The average molecular weight is 442 g/mol. The lowest BCUT2D eigenvalue weighted by atomic mass is 10.1. The summed E-state index contributed by atoms with van der Waals surface area (Å²) in [5.41, 5.74) is 4.79. The molecule has 0 bridgehead atoms. The first-order valence-electron chi connectivity index (χ1n) is 6.73.